The van der Waals surface area contributed by atoms with Crippen LogP contribution in [-0.2, 0) is 13.5 Å². The quantitative estimate of drug-likeness (QED) is 0.604. The topological polar surface area (TPSA) is 68.8 Å². The summed E-state index contributed by atoms with van der Waals surface area (Å²) >= 11 is 0. The van der Waals surface area contributed by atoms with Crippen LogP contribution < -0.4 is 11.1 Å². The summed E-state index contributed by atoms with van der Waals surface area (Å²) in [6.07, 6.45) is 4.75. The highest BCUT2D eigenvalue weighted by atomic mass is 15.4. The zero-order chi connectivity index (χ0) is 9.97. The first-order valence-electron chi connectivity index (χ1n) is 4.75. The van der Waals surface area contributed by atoms with Crippen LogP contribution in [0.4, 0.5) is 0 Å². The molecule has 76 valence electrons. The molecule has 3 N–H and O–H groups in total. The molecule has 5 heteroatoms. The van der Waals surface area contributed by atoms with Crippen molar-refractivity contribution in [2.24, 2.45) is 12.8 Å². The Morgan fingerprint density at radius 2 is 2.57 bits per heavy atom. The van der Waals surface area contributed by atoms with Gasteiger partial charge < -0.3 is 11.1 Å². The first kappa shape index (κ1) is 9.36. The Morgan fingerprint density at radius 1 is 1.71 bits per heavy atom. The molecule has 2 rings (SSSR count). The fourth-order valence-corrected chi connectivity index (χ4v) is 1.64. The number of aromatic nitrogens is 3. The van der Waals surface area contributed by atoms with Crippen molar-refractivity contribution < 1.29 is 0 Å². The van der Waals surface area contributed by atoms with Gasteiger partial charge in [-0.05, 0) is 0 Å². The van der Waals surface area contributed by atoms with Crippen molar-refractivity contribution in [1.82, 2.24) is 20.3 Å². The van der Waals surface area contributed by atoms with E-state index < -0.39 is 0 Å². The van der Waals surface area contributed by atoms with Crippen LogP contribution in [0.2, 0.25) is 0 Å². The summed E-state index contributed by atoms with van der Waals surface area (Å²) in [6.45, 7) is 1.77. The van der Waals surface area contributed by atoms with Crippen LogP contribution >= 0.6 is 0 Å². The summed E-state index contributed by atoms with van der Waals surface area (Å²) in [5, 5.41) is 11.5. The average Bonchev–Trinajstić information content (AvgIpc) is 2.51. The predicted octanol–water partition coefficient (Wildman–Crippen LogP) is -0.785. The van der Waals surface area contributed by atoms with E-state index >= 15 is 0 Å². The smallest absolute Gasteiger partial charge is 0.0867 e. The third-order valence-electron chi connectivity index (χ3n) is 2.24. The maximum Gasteiger partial charge on any atom is 0.0867 e. The number of hydrogen-bond donors (Lipinski definition) is 2. The summed E-state index contributed by atoms with van der Waals surface area (Å²) in [5.41, 5.74) is 8.09. The van der Waals surface area contributed by atoms with Gasteiger partial charge in [0.05, 0.1) is 11.9 Å². The molecule has 0 spiro atoms. The van der Waals surface area contributed by atoms with Gasteiger partial charge in [0.2, 0.25) is 0 Å². The zero-order valence-corrected chi connectivity index (χ0v) is 8.27. The van der Waals surface area contributed by atoms with Crippen LogP contribution in [0.3, 0.4) is 0 Å². The lowest BCUT2D eigenvalue weighted by molar-refractivity contribution is 0.619. The molecule has 1 atom stereocenters. The molecule has 0 fully saturated rings. The van der Waals surface area contributed by atoms with Gasteiger partial charge in [-0.15, -0.1) is 0 Å². The minimum atomic E-state index is 0.135. The Bertz CT molecular complexity index is 341. The number of aryl methyl sites for hydroxylation is 1. The van der Waals surface area contributed by atoms with Gasteiger partial charge in [0.1, 0.15) is 0 Å². The van der Waals surface area contributed by atoms with Gasteiger partial charge in [0.25, 0.3) is 0 Å². The van der Waals surface area contributed by atoms with Gasteiger partial charge in [-0.1, -0.05) is 11.6 Å². The highest BCUT2D eigenvalue weighted by Crippen LogP contribution is 2.07. The predicted molar refractivity (Wildman–Crippen MR) is 53.6 cm³/mol. The van der Waals surface area contributed by atoms with Crippen molar-refractivity contribution in [3.8, 4) is 0 Å². The maximum atomic E-state index is 5.80. The van der Waals surface area contributed by atoms with Crippen LogP contribution in [-0.4, -0.2) is 34.1 Å². The molecule has 0 bridgehead atoms. The highest BCUT2D eigenvalue weighted by Gasteiger charge is 2.10. The summed E-state index contributed by atoms with van der Waals surface area (Å²) in [6, 6.07) is 0.135. The van der Waals surface area contributed by atoms with Crippen LogP contribution in [0.5, 0.6) is 0 Å². The van der Waals surface area contributed by atoms with Crippen LogP contribution in [0.15, 0.2) is 17.8 Å². The Labute approximate surface area is 83.0 Å². The lowest BCUT2D eigenvalue weighted by Gasteiger charge is -2.18. The normalized spacial score (nSPS) is 22.1. The summed E-state index contributed by atoms with van der Waals surface area (Å²) in [7, 11) is 1.82. The summed E-state index contributed by atoms with van der Waals surface area (Å²) in [5.74, 6) is 0. The lowest BCUT2D eigenvalue weighted by atomic mass is 10.0. The molecular weight excluding hydrogens is 178 g/mol. The SMILES string of the molecule is Cn1ncc(CC2=CC(N)CNC2)n1. The van der Waals surface area contributed by atoms with Crippen LogP contribution in [0.1, 0.15) is 5.69 Å². The Kier molecular flexibility index (Phi) is 2.60. The molecule has 2 heterocycles. The van der Waals surface area contributed by atoms with Gasteiger partial charge >= 0.3 is 0 Å². The fourth-order valence-electron chi connectivity index (χ4n) is 1.64. The van der Waals surface area contributed by atoms with E-state index in [0.717, 1.165) is 25.2 Å². The van der Waals surface area contributed by atoms with Gasteiger partial charge in [-0.25, -0.2) is 0 Å². The van der Waals surface area contributed by atoms with E-state index in [1.165, 1.54) is 5.57 Å². The summed E-state index contributed by atoms with van der Waals surface area (Å²) in [4.78, 5) is 1.58. The van der Waals surface area contributed by atoms with Crippen molar-refractivity contribution in [2.45, 2.75) is 12.5 Å². The fraction of sp³-hybridized carbons (Fsp3) is 0.556. The molecule has 0 saturated carbocycles. The van der Waals surface area contributed by atoms with Crippen LogP contribution in [0.25, 0.3) is 0 Å². The minimum absolute atomic E-state index is 0.135. The van der Waals surface area contributed by atoms with Gasteiger partial charge in [-0.3, -0.25) is 0 Å². The van der Waals surface area contributed by atoms with E-state index in [0.29, 0.717) is 0 Å². The van der Waals surface area contributed by atoms with Crippen molar-refractivity contribution in [2.75, 3.05) is 13.1 Å². The number of rotatable bonds is 2. The van der Waals surface area contributed by atoms with E-state index in [-0.39, 0.29) is 6.04 Å². The summed E-state index contributed by atoms with van der Waals surface area (Å²) < 4.78 is 0. The molecule has 1 aliphatic rings. The Hall–Kier alpha value is -1.20. The van der Waals surface area contributed by atoms with E-state index in [1.807, 2.05) is 7.05 Å². The molecule has 0 aromatic carbocycles. The Morgan fingerprint density at radius 3 is 3.21 bits per heavy atom. The first-order chi connectivity index (χ1) is 6.74. The van der Waals surface area contributed by atoms with Crippen LogP contribution in [0, 0.1) is 0 Å². The van der Waals surface area contributed by atoms with Crippen molar-refractivity contribution >= 4 is 0 Å². The molecule has 0 saturated heterocycles. The average molecular weight is 193 g/mol. The second-order valence-corrected chi connectivity index (χ2v) is 3.62. The van der Waals surface area contributed by atoms with Gasteiger partial charge in [0.15, 0.2) is 0 Å². The number of nitrogens with one attached hydrogen (secondary N) is 1. The van der Waals surface area contributed by atoms with E-state index in [9.17, 15) is 0 Å². The van der Waals surface area contributed by atoms with Gasteiger partial charge in [-0.2, -0.15) is 15.0 Å². The molecule has 0 radical (unpaired) electrons. The van der Waals surface area contributed by atoms with Crippen molar-refractivity contribution in [3.05, 3.63) is 23.5 Å². The second kappa shape index (κ2) is 3.89. The highest BCUT2D eigenvalue weighted by molar-refractivity contribution is 5.18. The molecular formula is C9H15N5. The lowest BCUT2D eigenvalue weighted by Crippen LogP contribution is -2.38. The van der Waals surface area contributed by atoms with Crippen molar-refractivity contribution in [3.63, 3.8) is 0 Å². The van der Waals surface area contributed by atoms with Gasteiger partial charge in [0, 0.05) is 32.6 Å². The van der Waals surface area contributed by atoms with E-state index in [1.54, 1.807) is 11.0 Å². The molecule has 0 amide bonds. The molecule has 5 nitrogen and oxygen atoms in total. The molecule has 1 aliphatic heterocycles. The molecule has 1 aromatic heterocycles. The number of nitrogens with zero attached hydrogens (tertiary/aromatic N) is 3. The molecule has 0 aliphatic carbocycles. The molecule has 14 heavy (non-hydrogen) atoms. The number of hydrogen-bond acceptors (Lipinski definition) is 4. The number of nitrogens with two attached hydrogens (primary N) is 1. The molecule has 1 aromatic rings. The largest absolute Gasteiger partial charge is 0.323 e. The monoisotopic (exact) mass is 193 g/mol. The first-order valence-corrected chi connectivity index (χ1v) is 4.75. The minimum Gasteiger partial charge on any atom is -0.323 e. The van der Waals surface area contributed by atoms with E-state index in [2.05, 4.69) is 21.6 Å². The second-order valence-electron chi connectivity index (χ2n) is 3.62. The van der Waals surface area contributed by atoms with Crippen molar-refractivity contribution in [1.29, 1.82) is 0 Å². The third-order valence-corrected chi connectivity index (χ3v) is 2.24. The third kappa shape index (κ3) is 2.18. The molecule has 1 unspecified atom stereocenters. The maximum absolute atomic E-state index is 5.80. The Balaban J connectivity index is 2.03. The zero-order valence-electron chi connectivity index (χ0n) is 8.27. The van der Waals surface area contributed by atoms with E-state index in [4.69, 9.17) is 5.73 Å². The standard InChI is InChI=1S/C9H15N5/c1-14-12-6-9(13-14)3-7-2-8(10)5-11-4-7/h2,6,8,11H,3-5,10H2,1H3.